The Kier molecular flexibility index (Phi) is 5.47. The van der Waals surface area contributed by atoms with Crippen molar-refractivity contribution in [2.45, 2.75) is 31.3 Å². The number of hydrogen-bond acceptors (Lipinski definition) is 8. The summed E-state index contributed by atoms with van der Waals surface area (Å²) in [5.41, 5.74) is 6.39. The number of nitrogens with two attached hydrogens (primary N) is 1. The number of carbonyl (C=O) groups excluding carboxylic acids is 1. The van der Waals surface area contributed by atoms with Crippen molar-refractivity contribution >= 4 is 34.6 Å². The molecule has 1 fully saturated rings. The molecule has 38 heavy (non-hydrogen) atoms. The second kappa shape index (κ2) is 8.87. The molecule has 4 aromatic heterocycles. The van der Waals surface area contributed by atoms with Crippen LogP contribution in [0.25, 0.3) is 28.3 Å². The minimum absolute atomic E-state index is 0.0692. The Morgan fingerprint density at radius 2 is 1.97 bits per heavy atom. The fourth-order valence-corrected chi connectivity index (χ4v) is 4.95. The number of nitrogens with one attached hydrogen (secondary N) is 1. The molecular formula is C25H25N9O4. The number of fused-ring (bicyclic) bond motifs is 3. The van der Waals surface area contributed by atoms with E-state index in [1.165, 1.54) is 20.4 Å². The van der Waals surface area contributed by atoms with Gasteiger partial charge >= 0.3 is 6.09 Å². The Morgan fingerprint density at radius 3 is 2.71 bits per heavy atom. The Bertz CT molecular complexity index is 1640. The average molecular weight is 516 g/mol. The number of piperidine rings is 1. The van der Waals surface area contributed by atoms with Crippen molar-refractivity contribution in [1.29, 1.82) is 0 Å². The topological polar surface area (TPSA) is 170 Å². The quantitative estimate of drug-likeness (QED) is 0.318. The minimum Gasteiger partial charge on any atom is -0.465 e. The highest BCUT2D eigenvalue weighted by molar-refractivity contribution is 5.94. The van der Waals surface area contributed by atoms with E-state index in [1.807, 2.05) is 30.3 Å². The zero-order valence-electron chi connectivity index (χ0n) is 20.5. The maximum atomic E-state index is 14.0. The molecule has 0 bridgehead atoms. The van der Waals surface area contributed by atoms with Crippen molar-refractivity contribution in [1.82, 2.24) is 39.6 Å². The zero-order valence-corrected chi connectivity index (χ0v) is 20.5. The standard InChI is InChI=1S/C25H25N9O4/c1-25(15-7-3-2-4-8-15,22(35)28-16-9-5-11-32(14-16)24(36)37)34-21-17(13-27-34)20-29-19(18-10-6-12-38-18)31-33(20)23(26)30-21/h2-4,6-8,10,12-13,16H,5,9,11,14H2,1H3,(H2,26,30)(H,28,35)(H,36,37)/t16-,25?/m0/s1. The van der Waals surface area contributed by atoms with Crippen LogP contribution in [0.2, 0.25) is 0 Å². The third kappa shape index (κ3) is 3.70. The van der Waals surface area contributed by atoms with Gasteiger partial charge in [0.05, 0.1) is 17.8 Å². The summed E-state index contributed by atoms with van der Waals surface area (Å²) >= 11 is 0. The largest absolute Gasteiger partial charge is 0.465 e. The average Bonchev–Trinajstić information content (AvgIpc) is 3.68. The van der Waals surface area contributed by atoms with Crippen LogP contribution in [0.3, 0.4) is 0 Å². The van der Waals surface area contributed by atoms with E-state index >= 15 is 0 Å². The molecule has 5 heterocycles. The highest BCUT2D eigenvalue weighted by atomic mass is 16.4. The van der Waals surface area contributed by atoms with Crippen LogP contribution in [0.1, 0.15) is 25.3 Å². The third-order valence-electron chi connectivity index (χ3n) is 7.00. The van der Waals surface area contributed by atoms with Crippen LogP contribution in [0.4, 0.5) is 10.7 Å². The SMILES string of the molecule is CC(C(=O)N[C@H]1CCCN(C(=O)O)C1)(c1ccccc1)n1ncc2c1nc(N)n1nc(-c3ccco3)nc21. The number of nitrogen functional groups attached to an aromatic ring is 1. The summed E-state index contributed by atoms with van der Waals surface area (Å²) in [6, 6.07) is 12.4. The molecule has 1 aromatic carbocycles. The first-order valence-corrected chi connectivity index (χ1v) is 12.1. The van der Waals surface area contributed by atoms with Crippen LogP contribution in [0, 0.1) is 0 Å². The number of hydrogen-bond donors (Lipinski definition) is 3. The normalized spacial score (nSPS) is 17.5. The van der Waals surface area contributed by atoms with Gasteiger partial charge in [0.1, 0.15) is 0 Å². The molecule has 4 N–H and O–H groups in total. The number of benzene rings is 1. The van der Waals surface area contributed by atoms with E-state index < -0.39 is 11.6 Å². The molecular weight excluding hydrogens is 490 g/mol. The van der Waals surface area contributed by atoms with Gasteiger partial charge in [-0.1, -0.05) is 30.3 Å². The number of rotatable bonds is 5. The van der Waals surface area contributed by atoms with Crippen molar-refractivity contribution in [3.63, 3.8) is 0 Å². The Balaban J connectivity index is 1.46. The van der Waals surface area contributed by atoms with Gasteiger partial charge in [0.15, 0.2) is 22.6 Å². The fraction of sp³-hybridized carbons (Fsp3) is 0.280. The highest BCUT2D eigenvalue weighted by Crippen LogP contribution is 2.32. The number of carboxylic acid groups (broad SMARTS) is 1. The molecule has 1 unspecified atom stereocenters. The molecule has 1 aliphatic heterocycles. The van der Waals surface area contributed by atoms with Crippen molar-refractivity contribution < 1.29 is 19.1 Å². The van der Waals surface area contributed by atoms with E-state index in [1.54, 1.807) is 25.3 Å². The number of nitrogens with zero attached hydrogens (tertiary/aromatic N) is 7. The van der Waals surface area contributed by atoms with Gasteiger partial charge in [0.25, 0.3) is 5.91 Å². The van der Waals surface area contributed by atoms with E-state index in [0.29, 0.717) is 53.2 Å². The number of furan rings is 1. The lowest BCUT2D eigenvalue weighted by atomic mass is 9.90. The Hall–Kier alpha value is -4.94. The predicted octanol–water partition coefficient (Wildman–Crippen LogP) is 2.34. The van der Waals surface area contributed by atoms with Crippen LogP contribution >= 0.6 is 0 Å². The molecule has 0 radical (unpaired) electrons. The molecule has 0 saturated carbocycles. The number of amides is 2. The minimum atomic E-state index is -1.34. The third-order valence-corrected chi connectivity index (χ3v) is 7.00. The molecule has 2 atom stereocenters. The first-order valence-electron chi connectivity index (χ1n) is 12.1. The number of anilines is 1. The van der Waals surface area contributed by atoms with Gasteiger partial charge in [0, 0.05) is 19.1 Å². The van der Waals surface area contributed by atoms with Crippen molar-refractivity contribution in [2.75, 3.05) is 18.8 Å². The van der Waals surface area contributed by atoms with E-state index in [9.17, 15) is 14.7 Å². The number of likely N-dealkylation sites (tertiary alicyclic amines) is 1. The summed E-state index contributed by atoms with van der Waals surface area (Å²) < 4.78 is 8.37. The molecule has 5 aromatic rings. The van der Waals surface area contributed by atoms with Gasteiger partial charge in [-0.25, -0.2) is 14.5 Å². The van der Waals surface area contributed by atoms with E-state index in [0.717, 1.165) is 0 Å². The molecule has 0 aliphatic carbocycles. The first kappa shape index (κ1) is 23.5. The predicted molar refractivity (Wildman–Crippen MR) is 136 cm³/mol. The molecule has 1 aliphatic rings. The second-order valence-corrected chi connectivity index (χ2v) is 9.39. The monoisotopic (exact) mass is 515 g/mol. The van der Waals surface area contributed by atoms with E-state index in [-0.39, 0.29) is 24.4 Å². The van der Waals surface area contributed by atoms with Gasteiger partial charge in [-0.2, -0.15) is 14.6 Å². The maximum Gasteiger partial charge on any atom is 0.407 e. The summed E-state index contributed by atoms with van der Waals surface area (Å²) in [6.07, 6.45) is 3.44. The molecule has 13 nitrogen and oxygen atoms in total. The van der Waals surface area contributed by atoms with Gasteiger partial charge < -0.3 is 25.5 Å². The highest BCUT2D eigenvalue weighted by Gasteiger charge is 2.41. The fourth-order valence-electron chi connectivity index (χ4n) is 4.95. The summed E-state index contributed by atoms with van der Waals surface area (Å²) in [6.45, 7) is 2.41. The summed E-state index contributed by atoms with van der Waals surface area (Å²) in [7, 11) is 0. The van der Waals surface area contributed by atoms with Gasteiger partial charge in [-0.15, -0.1) is 5.10 Å². The van der Waals surface area contributed by atoms with Crippen LogP contribution in [-0.2, 0) is 10.3 Å². The summed E-state index contributed by atoms with van der Waals surface area (Å²) in [5, 5.41) is 22.1. The molecule has 0 spiro atoms. The van der Waals surface area contributed by atoms with Crippen LogP contribution < -0.4 is 11.1 Å². The Morgan fingerprint density at radius 1 is 1.16 bits per heavy atom. The molecule has 194 valence electrons. The summed E-state index contributed by atoms with van der Waals surface area (Å²) in [4.78, 5) is 36.0. The van der Waals surface area contributed by atoms with Crippen LogP contribution in [-0.4, -0.2) is 70.5 Å². The van der Waals surface area contributed by atoms with Crippen molar-refractivity contribution in [3.05, 3.63) is 60.5 Å². The maximum absolute atomic E-state index is 14.0. The van der Waals surface area contributed by atoms with Gasteiger partial charge in [0.2, 0.25) is 11.8 Å². The number of aromatic nitrogens is 6. The van der Waals surface area contributed by atoms with Crippen molar-refractivity contribution in [2.24, 2.45) is 0 Å². The lowest BCUT2D eigenvalue weighted by Crippen LogP contribution is -2.55. The van der Waals surface area contributed by atoms with Crippen molar-refractivity contribution in [3.8, 4) is 11.6 Å². The summed E-state index contributed by atoms with van der Waals surface area (Å²) in [5.74, 6) is 0.543. The number of carbonyl (C=O) groups is 2. The zero-order chi connectivity index (χ0) is 26.4. The second-order valence-electron chi connectivity index (χ2n) is 9.39. The van der Waals surface area contributed by atoms with Gasteiger partial charge in [-0.05, 0) is 37.5 Å². The molecule has 13 heteroatoms. The van der Waals surface area contributed by atoms with Crippen LogP contribution in [0.15, 0.2) is 59.3 Å². The van der Waals surface area contributed by atoms with Crippen LogP contribution in [0.5, 0.6) is 0 Å². The Labute approximate surface area is 215 Å². The molecule has 2 amide bonds. The smallest absolute Gasteiger partial charge is 0.407 e. The van der Waals surface area contributed by atoms with Gasteiger partial charge in [-0.3, -0.25) is 4.79 Å². The van der Waals surface area contributed by atoms with E-state index in [2.05, 4.69) is 25.5 Å². The lowest BCUT2D eigenvalue weighted by molar-refractivity contribution is -0.128. The molecule has 1 saturated heterocycles. The lowest BCUT2D eigenvalue weighted by Gasteiger charge is -2.35. The van der Waals surface area contributed by atoms with E-state index in [4.69, 9.17) is 10.2 Å². The molecule has 6 rings (SSSR count). The first-order chi connectivity index (χ1) is 18.4.